The Hall–Kier alpha value is -0.630. The van der Waals surface area contributed by atoms with E-state index in [-0.39, 0.29) is 5.41 Å². The maximum absolute atomic E-state index is 12.6. The molecule has 0 aromatic heterocycles. The van der Waals surface area contributed by atoms with Crippen LogP contribution in [-0.4, -0.2) is 35.9 Å². The van der Waals surface area contributed by atoms with Gasteiger partial charge in [-0.3, -0.25) is 4.79 Å². The van der Waals surface area contributed by atoms with E-state index >= 15 is 0 Å². The van der Waals surface area contributed by atoms with E-state index in [4.69, 9.17) is 0 Å². The zero-order valence-corrected chi connectivity index (χ0v) is 18.5. The number of Topliss-reactive ketones (excluding diaryl/α,β-unsaturated/α-hetero) is 1. The third-order valence-corrected chi connectivity index (χ3v) is 10.5. The lowest BCUT2D eigenvalue weighted by molar-refractivity contribution is -0.947. The topological polar surface area (TPSA) is 17.1 Å². The van der Waals surface area contributed by atoms with Gasteiger partial charge in [-0.15, -0.1) is 0 Å². The lowest BCUT2D eigenvalue weighted by Gasteiger charge is -2.58. The average molecular weight is 373 g/mol. The van der Waals surface area contributed by atoms with Gasteiger partial charge in [-0.25, -0.2) is 0 Å². The molecule has 0 heterocycles. The standard InChI is InChI=1S/C25H42NO/c1-6-26(7-2,8-3)19-13-15-24(4)18(17-19)9-10-20-21-11-12-23(27)25(21,5)16-14-22(20)24/h9,19-22H,6-8,10-17H2,1-5H3/q+1/t19-,20-,21-,22-,24-,25-/m0/s1. The Kier molecular flexibility index (Phi) is 4.89. The van der Waals surface area contributed by atoms with Gasteiger partial charge in [0.2, 0.25) is 0 Å². The summed E-state index contributed by atoms with van der Waals surface area (Å²) in [5.41, 5.74) is 2.22. The summed E-state index contributed by atoms with van der Waals surface area (Å²) in [5.74, 6) is 2.83. The van der Waals surface area contributed by atoms with Crippen LogP contribution in [-0.2, 0) is 4.79 Å². The molecule has 0 N–H and O–H groups in total. The van der Waals surface area contributed by atoms with Gasteiger partial charge in [0.05, 0.1) is 25.7 Å². The fourth-order valence-electron chi connectivity index (χ4n) is 8.33. The quantitative estimate of drug-likeness (QED) is 0.453. The van der Waals surface area contributed by atoms with Gasteiger partial charge in [-0.2, -0.15) is 0 Å². The predicted octanol–water partition coefficient (Wildman–Crippen LogP) is 5.76. The molecule has 0 amide bonds. The molecule has 0 bridgehead atoms. The van der Waals surface area contributed by atoms with Crippen LogP contribution in [0, 0.1) is 28.6 Å². The van der Waals surface area contributed by atoms with E-state index in [1.807, 2.05) is 0 Å². The summed E-state index contributed by atoms with van der Waals surface area (Å²) in [6.07, 6.45) is 12.5. The molecular weight excluding hydrogens is 330 g/mol. The van der Waals surface area contributed by atoms with Gasteiger partial charge in [0.1, 0.15) is 5.78 Å². The Labute approximate surface area is 167 Å². The number of allylic oxidation sites excluding steroid dienone is 1. The first-order valence-corrected chi connectivity index (χ1v) is 11.9. The smallest absolute Gasteiger partial charge is 0.139 e. The molecule has 152 valence electrons. The van der Waals surface area contributed by atoms with Gasteiger partial charge >= 0.3 is 0 Å². The van der Waals surface area contributed by atoms with E-state index in [0.717, 1.165) is 30.7 Å². The minimum Gasteiger partial charge on any atom is -0.322 e. The molecule has 0 unspecified atom stereocenters. The van der Waals surface area contributed by atoms with Crippen LogP contribution >= 0.6 is 0 Å². The van der Waals surface area contributed by atoms with Crippen LogP contribution in [0.15, 0.2) is 11.6 Å². The lowest BCUT2D eigenvalue weighted by Crippen LogP contribution is -2.58. The minimum absolute atomic E-state index is 0.0126. The number of rotatable bonds is 4. The van der Waals surface area contributed by atoms with Crippen LogP contribution in [0.1, 0.15) is 86.0 Å². The van der Waals surface area contributed by atoms with Gasteiger partial charge in [0.25, 0.3) is 0 Å². The Balaban J connectivity index is 1.61. The molecular formula is C25H42NO+. The zero-order valence-electron chi connectivity index (χ0n) is 18.5. The summed E-state index contributed by atoms with van der Waals surface area (Å²) < 4.78 is 1.30. The average Bonchev–Trinajstić information content (AvgIpc) is 2.98. The van der Waals surface area contributed by atoms with E-state index in [1.54, 1.807) is 5.57 Å². The SMILES string of the molecule is CC[N+](CC)(CC)[C@H]1CC[C@@]2(C)C(=CC[C@@H]3[C@@H]2CC[C@]2(C)C(=O)CC[C@@H]32)C1. The number of quaternary nitrogens is 1. The third-order valence-electron chi connectivity index (χ3n) is 10.5. The summed E-state index contributed by atoms with van der Waals surface area (Å²) in [4.78, 5) is 12.6. The van der Waals surface area contributed by atoms with Crippen LogP contribution in [0.4, 0.5) is 0 Å². The maximum Gasteiger partial charge on any atom is 0.139 e. The highest BCUT2D eigenvalue weighted by Gasteiger charge is 2.59. The van der Waals surface area contributed by atoms with Gasteiger partial charge < -0.3 is 4.48 Å². The molecule has 0 aliphatic heterocycles. The van der Waals surface area contributed by atoms with E-state index in [2.05, 4.69) is 40.7 Å². The Bertz CT molecular complexity index is 624. The number of fused-ring (bicyclic) bond motifs is 5. The van der Waals surface area contributed by atoms with Crippen molar-refractivity contribution in [1.29, 1.82) is 0 Å². The number of ketones is 1. The first-order valence-electron chi connectivity index (χ1n) is 11.9. The molecule has 0 aromatic rings. The normalized spacial score (nSPS) is 44.3. The molecule has 27 heavy (non-hydrogen) atoms. The molecule has 4 rings (SSSR count). The molecule has 3 fully saturated rings. The van der Waals surface area contributed by atoms with Crippen molar-refractivity contribution in [1.82, 2.24) is 0 Å². The first kappa shape index (κ1) is 19.7. The molecule has 2 heteroatoms. The van der Waals surface area contributed by atoms with Crippen LogP contribution < -0.4 is 0 Å². The van der Waals surface area contributed by atoms with Crippen LogP contribution in [0.3, 0.4) is 0 Å². The molecule has 0 spiro atoms. The highest BCUT2D eigenvalue weighted by Crippen LogP contribution is 2.64. The number of carbonyl (C=O) groups is 1. The summed E-state index contributed by atoms with van der Waals surface area (Å²) in [7, 11) is 0. The summed E-state index contributed by atoms with van der Waals surface area (Å²) in [6, 6.07) is 0.822. The molecule has 2 nitrogen and oxygen atoms in total. The lowest BCUT2D eigenvalue weighted by atomic mass is 9.48. The Morgan fingerprint density at radius 2 is 1.59 bits per heavy atom. The summed E-state index contributed by atoms with van der Waals surface area (Å²) in [6.45, 7) is 15.9. The predicted molar refractivity (Wildman–Crippen MR) is 112 cm³/mol. The van der Waals surface area contributed by atoms with Crippen LogP contribution in [0.25, 0.3) is 0 Å². The van der Waals surface area contributed by atoms with E-state index < -0.39 is 0 Å². The minimum atomic E-state index is 0.0126. The summed E-state index contributed by atoms with van der Waals surface area (Å²) in [5, 5.41) is 0. The molecule has 0 aromatic carbocycles. The van der Waals surface area contributed by atoms with Gasteiger partial charge in [0.15, 0.2) is 0 Å². The van der Waals surface area contributed by atoms with Crippen molar-refractivity contribution in [2.24, 2.45) is 28.6 Å². The molecule has 0 saturated heterocycles. The maximum atomic E-state index is 12.6. The van der Waals surface area contributed by atoms with Gasteiger partial charge in [-0.05, 0) is 76.0 Å². The summed E-state index contributed by atoms with van der Waals surface area (Å²) >= 11 is 0. The number of nitrogens with zero attached hydrogens (tertiary/aromatic N) is 1. The van der Waals surface area contributed by atoms with Crippen molar-refractivity contribution in [3.05, 3.63) is 11.6 Å². The second-order valence-electron chi connectivity index (χ2n) is 10.7. The van der Waals surface area contributed by atoms with Crippen molar-refractivity contribution >= 4 is 5.78 Å². The molecule has 4 aliphatic rings. The molecule has 4 aliphatic carbocycles. The number of carbonyl (C=O) groups excluding carboxylic acids is 1. The zero-order chi connectivity index (χ0) is 19.4. The molecule has 6 atom stereocenters. The van der Waals surface area contributed by atoms with Crippen molar-refractivity contribution in [2.75, 3.05) is 19.6 Å². The Morgan fingerprint density at radius 1 is 0.963 bits per heavy atom. The first-order chi connectivity index (χ1) is 12.8. The number of hydrogen-bond acceptors (Lipinski definition) is 1. The highest BCUT2D eigenvalue weighted by molar-refractivity contribution is 5.87. The Morgan fingerprint density at radius 3 is 2.26 bits per heavy atom. The molecule has 3 saturated carbocycles. The van der Waals surface area contributed by atoms with Crippen molar-refractivity contribution in [2.45, 2.75) is 92.0 Å². The van der Waals surface area contributed by atoms with Crippen LogP contribution in [0.5, 0.6) is 0 Å². The van der Waals surface area contributed by atoms with Crippen LogP contribution in [0.2, 0.25) is 0 Å². The van der Waals surface area contributed by atoms with Crippen molar-refractivity contribution < 1.29 is 9.28 Å². The van der Waals surface area contributed by atoms with E-state index in [0.29, 0.717) is 17.1 Å². The molecule has 0 radical (unpaired) electrons. The van der Waals surface area contributed by atoms with Crippen molar-refractivity contribution in [3.63, 3.8) is 0 Å². The largest absolute Gasteiger partial charge is 0.322 e. The third kappa shape index (κ3) is 2.65. The highest BCUT2D eigenvalue weighted by atomic mass is 16.1. The van der Waals surface area contributed by atoms with Gasteiger partial charge in [0, 0.05) is 24.7 Å². The second kappa shape index (κ2) is 6.71. The fourth-order valence-corrected chi connectivity index (χ4v) is 8.33. The number of hydrogen-bond donors (Lipinski definition) is 0. The van der Waals surface area contributed by atoms with E-state index in [1.165, 1.54) is 62.6 Å². The van der Waals surface area contributed by atoms with Gasteiger partial charge in [-0.1, -0.05) is 25.5 Å². The van der Waals surface area contributed by atoms with E-state index in [9.17, 15) is 4.79 Å². The second-order valence-corrected chi connectivity index (χ2v) is 10.7. The van der Waals surface area contributed by atoms with Crippen molar-refractivity contribution in [3.8, 4) is 0 Å². The fraction of sp³-hybridized carbons (Fsp3) is 0.880. The monoisotopic (exact) mass is 372 g/mol.